The second-order valence-corrected chi connectivity index (χ2v) is 5.99. The molecule has 0 aliphatic carbocycles. The number of nitrogens with zero attached hydrogens (tertiary/aromatic N) is 1. The van der Waals surface area contributed by atoms with Gasteiger partial charge in [-0.25, -0.2) is 0 Å². The summed E-state index contributed by atoms with van der Waals surface area (Å²) in [6.45, 7) is 6.13. The number of likely N-dealkylation sites (tertiary alicyclic amines) is 1. The normalized spacial score (nSPS) is 19.2. The Morgan fingerprint density at radius 3 is 3.05 bits per heavy atom. The highest BCUT2D eigenvalue weighted by molar-refractivity contribution is 5.95. The molecule has 1 atom stereocenters. The molecule has 21 heavy (non-hydrogen) atoms. The molecule has 1 amide bonds. The third kappa shape index (κ3) is 5.05. The molecule has 0 radical (unpaired) electrons. The van der Waals surface area contributed by atoms with E-state index in [1.807, 2.05) is 24.3 Å². The van der Waals surface area contributed by atoms with Gasteiger partial charge in [-0.3, -0.25) is 4.79 Å². The average molecular weight is 289 g/mol. The van der Waals surface area contributed by atoms with E-state index in [9.17, 15) is 4.79 Å². The van der Waals surface area contributed by atoms with Gasteiger partial charge in [0, 0.05) is 30.9 Å². The molecule has 116 valence electrons. The second-order valence-electron chi connectivity index (χ2n) is 5.99. The maximum Gasteiger partial charge on any atom is 0.251 e. The number of piperidine rings is 1. The molecule has 2 rings (SSSR count). The summed E-state index contributed by atoms with van der Waals surface area (Å²) in [5, 5.41) is 6.39. The lowest BCUT2D eigenvalue weighted by Gasteiger charge is -2.30. The van der Waals surface area contributed by atoms with Crippen LogP contribution in [0.2, 0.25) is 0 Å². The van der Waals surface area contributed by atoms with Crippen molar-refractivity contribution in [3.05, 3.63) is 29.8 Å². The fourth-order valence-corrected chi connectivity index (χ4v) is 2.81. The summed E-state index contributed by atoms with van der Waals surface area (Å²) in [7, 11) is 2.19. The molecule has 1 heterocycles. The third-order valence-electron chi connectivity index (χ3n) is 3.98. The van der Waals surface area contributed by atoms with Crippen LogP contribution in [0.1, 0.15) is 36.5 Å². The molecule has 4 nitrogen and oxygen atoms in total. The van der Waals surface area contributed by atoms with Gasteiger partial charge in [-0.15, -0.1) is 0 Å². The Kier molecular flexibility index (Phi) is 6.05. The zero-order chi connectivity index (χ0) is 15.1. The zero-order valence-corrected chi connectivity index (χ0v) is 13.2. The van der Waals surface area contributed by atoms with Gasteiger partial charge in [-0.1, -0.05) is 13.0 Å². The standard InChI is InChI=1S/C17H27N3O/c1-3-9-18-17(21)15-7-4-8-16(11-15)19-12-14-6-5-10-20(2)13-14/h4,7-8,11,14,19H,3,5-6,9-10,12-13H2,1-2H3,(H,18,21). The Bertz CT molecular complexity index is 461. The predicted molar refractivity (Wildman–Crippen MR) is 87.8 cm³/mol. The van der Waals surface area contributed by atoms with Crippen LogP contribution in [0, 0.1) is 5.92 Å². The minimum Gasteiger partial charge on any atom is -0.385 e. The number of hydrogen-bond acceptors (Lipinski definition) is 3. The van der Waals surface area contributed by atoms with Crippen LogP contribution in [-0.4, -0.2) is 44.0 Å². The van der Waals surface area contributed by atoms with Crippen LogP contribution in [0.4, 0.5) is 5.69 Å². The van der Waals surface area contributed by atoms with Gasteiger partial charge in [0.05, 0.1) is 0 Å². The summed E-state index contributed by atoms with van der Waals surface area (Å²) in [5.41, 5.74) is 1.77. The second kappa shape index (κ2) is 8.03. The van der Waals surface area contributed by atoms with Gasteiger partial charge in [0.1, 0.15) is 0 Å². The summed E-state index contributed by atoms with van der Waals surface area (Å²) >= 11 is 0. The van der Waals surface area contributed by atoms with Gasteiger partial charge in [0.15, 0.2) is 0 Å². The average Bonchev–Trinajstić information content (AvgIpc) is 2.51. The van der Waals surface area contributed by atoms with E-state index in [1.165, 1.54) is 19.4 Å². The molecule has 1 fully saturated rings. The van der Waals surface area contributed by atoms with Crippen LogP contribution in [0.5, 0.6) is 0 Å². The lowest BCUT2D eigenvalue weighted by atomic mass is 9.98. The highest BCUT2D eigenvalue weighted by atomic mass is 16.1. The molecular weight excluding hydrogens is 262 g/mol. The van der Waals surface area contributed by atoms with Crippen LogP contribution in [0.15, 0.2) is 24.3 Å². The Balaban J connectivity index is 1.87. The van der Waals surface area contributed by atoms with E-state index in [0.717, 1.165) is 37.3 Å². The highest BCUT2D eigenvalue weighted by Crippen LogP contribution is 2.17. The molecule has 4 heteroatoms. The summed E-state index contributed by atoms with van der Waals surface area (Å²) in [6, 6.07) is 7.78. The number of amides is 1. The first-order chi connectivity index (χ1) is 10.2. The van der Waals surface area contributed by atoms with Gasteiger partial charge < -0.3 is 15.5 Å². The van der Waals surface area contributed by atoms with E-state index in [2.05, 4.69) is 29.5 Å². The van der Waals surface area contributed by atoms with E-state index in [0.29, 0.717) is 5.92 Å². The van der Waals surface area contributed by atoms with Gasteiger partial charge in [-0.2, -0.15) is 0 Å². The quantitative estimate of drug-likeness (QED) is 0.846. The minimum absolute atomic E-state index is 0.0119. The molecule has 2 N–H and O–H groups in total. The van der Waals surface area contributed by atoms with Crippen LogP contribution < -0.4 is 10.6 Å². The molecule has 1 aliphatic rings. The van der Waals surface area contributed by atoms with Gasteiger partial charge in [0.2, 0.25) is 0 Å². The Labute approximate surface area is 127 Å². The number of benzene rings is 1. The molecule has 1 aliphatic heterocycles. The molecule has 0 saturated carbocycles. The van der Waals surface area contributed by atoms with E-state index in [1.54, 1.807) is 0 Å². The fourth-order valence-electron chi connectivity index (χ4n) is 2.81. The van der Waals surface area contributed by atoms with E-state index in [4.69, 9.17) is 0 Å². The molecule has 0 bridgehead atoms. The van der Waals surface area contributed by atoms with Crippen molar-refractivity contribution in [3.8, 4) is 0 Å². The molecule has 1 aromatic carbocycles. The van der Waals surface area contributed by atoms with Crippen molar-refractivity contribution in [2.75, 3.05) is 38.5 Å². The van der Waals surface area contributed by atoms with Crippen LogP contribution in [0.25, 0.3) is 0 Å². The number of anilines is 1. The molecule has 0 aromatic heterocycles. The van der Waals surface area contributed by atoms with Gasteiger partial charge in [-0.05, 0) is 57.0 Å². The summed E-state index contributed by atoms with van der Waals surface area (Å²) in [4.78, 5) is 14.4. The van der Waals surface area contributed by atoms with Crippen LogP contribution in [-0.2, 0) is 0 Å². The SMILES string of the molecule is CCCNC(=O)c1cccc(NCC2CCCN(C)C2)c1. The lowest BCUT2D eigenvalue weighted by Crippen LogP contribution is -2.35. The van der Waals surface area contributed by atoms with Crippen molar-refractivity contribution >= 4 is 11.6 Å². The van der Waals surface area contributed by atoms with E-state index < -0.39 is 0 Å². The van der Waals surface area contributed by atoms with E-state index >= 15 is 0 Å². The number of rotatable bonds is 6. The predicted octanol–water partition coefficient (Wildman–Crippen LogP) is 2.58. The van der Waals surface area contributed by atoms with Crippen LogP contribution >= 0.6 is 0 Å². The Hall–Kier alpha value is -1.55. The molecular formula is C17H27N3O. The largest absolute Gasteiger partial charge is 0.385 e. The van der Waals surface area contributed by atoms with Crippen molar-refractivity contribution in [2.45, 2.75) is 26.2 Å². The van der Waals surface area contributed by atoms with Gasteiger partial charge in [0.25, 0.3) is 5.91 Å². The number of hydrogen-bond donors (Lipinski definition) is 2. The van der Waals surface area contributed by atoms with Crippen molar-refractivity contribution < 1.29 is 4.79 Å². The van der Waals surface area contributed by atoms with E-state index in [-0.39, 0.29) is 5.91 Å². The summed E-state index contributed by atoms with van der Waals surface area (Å²) in [5.74, 6) is 0.708. The Morgan fingerprint density at radius 2 is 2.29 bits per heavy atom. The summed E-state index contributed by atoms with van der Waals surface area (Å²) in [6.07, 6.45) is 3.52. The van der Waals surface area contributed by atoms with Gasteiger partial charge >= 0.3 is 0 Å². The molecule has 1 unspecified atom stereocenters. The first kappa shape index (κ1) is 15.8. The molecule has 1 aromatic rings. The zero-order valence-electron chi connectivity index (χ0n) is 13.2. The highest BCUT2D eigenvalue weighted by Gasteiger charge is 2.16. The van der Waals surface area contributed by atoms with Crippen molar-refractivity contribution in [2.24, 2.45) is 5.92 Å². The molecule has 0 spiro atoms. The maximum atomic E-state index is 12.0. The van der Waals surface area contributed by atoms with Crippen LogP contribution in [0.3, 0.4) is 0 Å². The van der Waals surface area contributed by atoms with Crippen molar-refractivity contribution in [1.29, 1.82) is 0 Å². The minimum atomic E-state index is 0.0119. The third-order valence-corrected chi connectivity index (χ3v) is 3.98. The van der Waals surface area contributed by atoms with Crippen molar-refractivity contribution in [1.82, 2.24) is 10.2 Å². The fraction of sp³-hybridized carbons (Fsp3) is 0.588. The smallest absolute Gasteiger partial charge is 0.251 e. The lowest BCUT2D eigenvalue weighted by molar-refractivity contribution is 0.0953. The first-order valence-corrected chi connectivity index (χ1v) is 7.99. The summed E-state index contributed by atoms with van der Waals surface area (Å²) < 4.78 is 0. The number of nitrogens with one attached hydrogen (secondary N) is 2. The number of carbonyl (C=O) groups excluding carboxylic acids is 1. The monoisotopic (exact) mass is 289 g/mol. The number of carbonyl (C=O) groups is 1. The van der Waals surface area contributed by atoms with Crippen molar-refractivity contribution in [3.63, 3.8) is 0 Å². The Morgan fingerprint density at radius 1 is 1.43 bits per heavy atom. The first-order valence-electron chi connectivity index (χ1n) is 7.99. The topological polar surface area (TPSA) is 44.4 Å². The molecule has 1 saturated heterocycles. The maximum absolute atomic E-state index is 12.0.